The molecule has 1 aromatic carbocycles. The van der Waals surface area contributed by atoms with Gasteiger partial charge in [-0.15, -0.1) is 0 Å². The summed E-state index contributed by atoms with van der Waals surface area (Å²) in [5, 5.41) is 8.80. The molecule has 2 aromatic heterocycles. The van der Waals surface area contributed by atoms with Crippen molar-refractivity contribution in [3.8, 4) is 17.0 Å². The van der Waals surface area contributed by atoms with E-state index in [9.17, 15) is 14.4 Å². The van der Waals surface area contributed by atoms with Crippen LogP contribution in [0.2, 0.25) is 0 Å². The Balaban J connectivity index is 1.60. The summed E-state index contributed by atoms with van der Waals surface area (Å²) in [6.45, 7) is 13.5. The summed E-state index contributed by atoms with van der Waals surface area (Å²) in [4.78, 5) is 48.8. The lowest BCUT2D eigenvalue weighted by molar-refractivity contribution is 0.0564. The number of rotatable bonds is 4. The molecular formula is C32H39FN6O7. The molecule has 13 nitrogen and oxygen atoms in total. The molecule has 0 radical (unpaired) electrons. The molecule has 0 aliphatic carbocycles. The summed E-state index contributed by atoms with van der Waals surface area (Å²) in [6, 6.07) is 2.56. The van der Waals surface area contributed by atoms with Crippen molar-refractivity contribution in [1.29, 1.82) is 0 Å². The lowest BCUT2D eigenvalue weighted by atomic mass is 9.96. The third-order valence-electron chi connectivity index (χ3n) is 7.09. The summed E-state index contributed by atoms with van der Waals surface area (Å²) in [7, 11) is 0. The van der Waals surface area contributed by atoms with Crippen LogP contribution in [0.3, 0.4) is 0 Å². The number of hydrogen-bond acceptors (Lipinski definition) is 9. The third kappa shape index (κ3) is 7.39. The Bertz CT molecular complexity index is 1680. The minimum atomic E-state index is -0.866. The summed E-state index contributed by atoms with van der Waals surface area (Å²) in [6.07, 6.45) is 2.06. The molecule has 4 heterocycles. The number of aromatic nitrogens is 2. The predicted molar refractivity (Wildman–Crippen MR) is 170 cm³/mol. The van der Waals surface area contributed by atoms with Gasteiger partial charge in [0.05, 0.1) is 24.9 Å². The van der Waals surface area contributed by atoms with Gasteiger partial charge in [0.25, 0.3) is 0 Å². The highest BCUT2D eigenvalue weighted by molar-refractivity contribution is 6.05. The van der Waals surface area contributed by atoms with Crippen LogP contribution in [0.1, 0.15) is 53.5 Å². The number of anilines is 3. The van der Waals surface area contributed by atoms with E-state index < -0.39 is 35.2 Å². The van der Waals surface area contributed by atoms with Crippen molar-refractivity contribution in [1.82, 2.24) is 15.3 Å². The van der Waals surface area contributed by atoms with Crippen molar-refractivity contribution in [2.24, 2.45) is 0 Å². The van der Waals surface area contributed by atoms with Gasteiger partial charge in [0, 0.05) is 35.5 Å². The van der Waals surface area contributed by atoms with Crippen LogP contribution in [0.4, 0.5) is 36.0 Å². The highest BCUT2D eigenvalue weighted by Gasteiger charge is 2.32. The Hall–Kier alpha value is -4.72. The zero-order valence-corrected chi connectivity index (χ0v) is 27.0. The van der Waals surface area contributed by atoms with E-state index >= 15 is 4.39 Å². The van der Waals surface area contributed by atoms with Crippen molar-refractivity contribution in [2.45, 2.75) is 72.1 Å². The second-order valence-corrected chi connectivity index (χ2v) is 13.1. The van der Waals surface area contributed by atoms with Gasteiger partial charge in [0.1, 0.15) is 29.3 Å². The number of amides is 4. The highest BCUT2D eigenvalue weighted by atomic mass is 19.1. The first kappa shape index (κ1) is 32.7. The van der Waals surface area contributed by atoms with Crippen LogP contribution >= 0.6 is 0 Å². The van der Waals surface area contributed by atoms with Crippen LogP contribution in [0.25, 0.3) is 21.9 Å². The quantitative estimate of drug-likeness (QED) is 0.306. The molecule has 1 unspecified atom stereocenters. The number of ether oxygens (including phenoxy) is 4. The van der Waals surface area contributed by atoms with Crippen molar-refractivity contribution in [2.75, 3.05) is 41.9 Å². The highest BCUT2D eigenvalue weighted by Crippen LogP contribution is 2.42. The first-order valence-corrected chi connectivity index (χ1v) is 15.0. The van der Waals surface area contributed by atoms with Crippen molar-refractivity contribution >= 4 is 46.2 Å². The third-order valence-corrected chi connectivity index (χ3v) is 7.09. The van der Waals surface area contributed by atoms with Gasteiger partial charge in [-0.05, 0) is 78.0 Å². The first-order chi connectivity index (χ1) is 21.6. The van der Waals surface area contributed by atoms with E-state index in [1.165, 1.54) is 17.3 Å². The first-order valence-electron chi connectivity index (χ1n) is 15.0. The number of hydrogen-bond donors (Lipinski definition) is 3. The molecule has 2 aliphatic heterocycles. The summed E-state index contributed by atoms with van der Waals surface area (Å²) in [5.74, 6) is -0.360. The number of carbonyl (C=O) groups is 3. The standard InChI is InChI=1S/C32H39FN6O7/c1-17-21(14-35-27-26(17)39(9-11-44-27)30(42)46-32(5,6)7)20-12-18-13-23(37-28(40)36-19-8-10-43-16-19)34-15-22(18)25(24(20)33)38-29(41)45-31(2,3)4/h12-15,19H,8-11,16H2,1-7H3,(H,38,41)(H2,34,36,37,40). The van der Waals surface area contributed by atoms with Crippen LogP contribution in [0, 0.1) is 12.7 Å². The fraction of sp³-hybridized carbons (Fsp3) is 0.469. The van der Waals surface area contributed by atoms with E-state index in [0.29, 0.717) is 41.8 Å². The summed E-state index contributed by atoms with van der Waals surface area (Å²) < 4.78 is 38.6. The molecule has 2 aliphatic rings. The number of halogens is 1. The van der Waals surface area contributed by atoms with E-state index in [4.69, 9.17) is 18.9 Å². The molecular weight excluding hydrogens is 599 g/mol. The monoisotopic (exact) mass is 638 g/mol. The molecule has 1 fully saturated rings. The van der Waals surface area contributed by atoms with E-state index in [1.807, 2.05) is 0 Å². The van der Waals surface area contributed by atoms with Gasteiger partial charge < -0.3 is 24.3 Å². The normalized spacial score (nSPS) is 16.3. The molecule has 0 bridgehead atoms. The number of carbonyl (C=O) groups excluding carboxylic acids is 3. The molecule has 1 saturated heterocycles. The second-order valence-electron chi connectivity index (χ2n) is 13.1. The average molecular weight is 639 g/mol. The molecule has 4 amide bonds. The minimum Gasteiger partial charge on any atom is -0.474 e. The van der Waals surface area contributed by atoms with Crippen molar-refractivity contribution in [3.63, 3.8) is 0 Å². The molecule has 14 heteroatoms. The van der Waals surface area contributed by atoms with Crippen LogP contribution in [0.15, 0.2) is 24.5 Å². The maximum atomic E-state index is 16.6. The Morgan fingerprint density at radius 2 is 1.72 bits per heavy atom. The number of benzene rings is 1. The smallest absolute Gasteiger partial charge is 0.415 e. The number of nitrogens with zero attached hydrogens (tertiary/aromatic N) is 3. The van der Waals surface area contributed by atoms with Gasteiger partial charge >= 0.3 is 18.2 Å². The fourth-order valence-corrected chi connectivity index (χ4v) is 5.16. The van der Waals surface area contributed by atoms with E-state index in [1.54, 1.807) is 60.6 Å². The lowest BCUT2D eigenvalue weighted by Gasteiger charge is -2.32. The second kappa shape index (κ2) is 12.6. The molecule has 0 spiro atoms. The number of fused-ring (bicyclic) bond motifs is 2. The SMILES string of the molecule is Cc1c(-c2cc3cc(NC(=O)NC4CCOC4)ncc3c(NC(=O)OC(C)(C)C)c2F)cnc2c1N(C(=O)OC(C)(C)C)CCO2. The van der Waals surface area contributed by atoms with Gasteiger partial charge in [0.15, 0.2) is 5.82 Å². The zero-order valence-electron chi connectivity index (χ0n) is 27.0. The topological polar surface area (TPSA) is 153 Å². The van der Waals surface area contributed by atoms with Gasteiger partial charge in [-0.1, -0.05) is 0 Å². The Morgan fingerprint density at radius 3 is 2.39 bits per heavy atom. The summed E-state index contributed by atoms with van der Waals surface area (Å²) >= 11 is 0. The van der Waals surface area contributed by atoms with Gasteiger partial charge in [-0.25, -0.2) is 28.7 Å². The Kier molecular flexibility index (Phi) is 8.94. The van der Waals surface area contributed by atoms with Crippen molar-refractivity contribution in [3.05, 3.63) is 35.9 Å². The zero-order chi connectivity index (χ0) is 33.4. The van der Waals surface area contributed by atoms with Gasteiger partial charge in [0.2, 0.25) is 5.88 Å². The number of urea groups is 1. The molecule has 3 aromatic rings. The fourth-order valence-electron chi connectivity index (χ4n) is 5.16. The number of pyridine rings is 2. The van der Waals surface area contributed by atoms with Crippen LogP contribution in [0.5, 0.6) is 5.88 Å². The van der Waals surface area contributed by atoms with Gasteiger partial charge in [-0.2, -0.15) is 0 Å². The van der Waals surface area contributed by atoms with E-state index in [2.05, 4.69) is 25.9 Å². The largest absolute Gasteiger partial charge is 0.474 e. The van der Waals surface area contributed by atoms with Crippen LogP contribution in [-0.4, -0.2) is 71.8 Å². The number of nitrogens with one attached hydrogen (secondary N) is 3. The molecule has 3 N–H and O–H groups in total. The molecule has 1 atom stereocenters. The van der Waals surface area contributed by atoms with Gasteiger partial charge in [-0.3, -0.25) is 15.5 Å². The minimum absolute atomic E-state index is 0.0748. The van der Waals surface area contributed by atoms with Crippen LogP contribution < -0.4 is 25.6 Å². The van der Waals surface area contributed by atoms with Crippen LogP contribution in [-0.2, 0) is 14.2 Å². The Morgan fingerprint density at radius 1 is 0.978 bits per heavy atom. The predicted octanol–water partition coefficient (Wildman–Crippen LogP) is 6.14. The average Bonchev–Trinajstić information content (AvgIpc) is 3.45. The van der Waals surface area contributed by atoms with E-state index in [-0.39, 0.29) is 47.5 Å². The molecule has 5 rings (SSSR count). The molecule has 246 valence electrons. The molecule has 46 heavy (non-hydrogen) atoms. The summed E-state index contributed by atoms with van der Waals surface area (Å²) in [5.41, 5.74) is -0.494. The van der Waals surface area contributed by atoms with E-state index in [0.717, 1.165) is 0 Å². The maximum absolute atomic E-state index is 16.6. The van der Waals surface area contributed by atoms with Crippen molar-refractivity contribution < 1.29 is 37.7 Å². The Labute approximate surface area is 266 Å². The molecule has 0 saturated carbocycles. The lowest BCUT2D eigenvalue weighted by Crippen LogP contribution is -2.42. The maximum Gasteiger partial charge on any atom is 0.415 e.